The molecule has 1 rings (SSSR count). The molecule has 2 nitrogen and oxygen atoms in total. The van der Waals surface area contributed by atoms with E-state index in [2.05, 4.69) is 17.2 Å². The molecule has 0 aromatic heterocycles. The Morgan fingerprint density at radius 1 is 1.67 bits per heavy atom. The molecule has 0 radical (unpaired) electrons. The average Bonchev–Trinajstić information content (AvgIpc) is 2.15. The molecule has 2 atom stereocenters. The monoisotopic (exact) mass is 167 g/mol. The maximum absolute atomic E-state index is 9.66. The van der Waals surface area contributed by atoms with Crippen LogP contribution in [0.4, 0.5) is 0 Å². The van der Waals surface area contributed by atoms with Crippen LogP contribution in [0.25, 0.3) is 0 Å². The highest BCUT2D eigenvalue weighted by Gasteiger charge is 2.20. The van der Waals surface area contributed by atoms with E-state index in [4.69, 9.17) is 0 Å². The van der Waals surface area contributed by atoms with Crippen LogP contribution in [-0.4, -0.2) is 24.3 Å². The lowest BCUT2D eigenvalue weighted by Gasteiger charge is -2.26. The fourth-order valence-electron chi connectivity index (χ4n) is 1.58. The second-order valence-electron chi connectivity index (χ2n) is 3.30. The second-order valence-corrected chi connectivity index (χ2v) is 3.30. The number of piperidine rings is 1. The van der Waals surface area contributed by atoms with Crippen molar-refractivity contribution in [1.29, 1.82) is 0 Å². The van der Waals surface area contributed by atoms with Gasteiger partial charge in [0.25, 0.3) is 0 Å². The van der Waals surface area contributed by atoms with Gasteiger partial charge in [0.15, 0.2) is 0 Å². The molecule has 0 bridgehead atoms. The molecule has 0 aliphatic carbocycles. The Kier molecular flexibility index (Phi) is 4.13. The Morgan fingerprint density at radius 3 is 3.08 bits per heavy atom. The van der Waals surface area contributed by atoms with Gasteiger partial charge in [0.1, 0.15) is 0 Å². The van der Waals surface area contributed by atoms with Gasteiger partial charge in [0.2, 0.25) is 0 Å². The molecule has 0 aromatic carbocycles. The predicted octanol–water partition coefficient (Wildman–Crippen LogP) is 0.760. The zero-order valence-electron chi connectivity index (χ0n) is 7.64. The summed E-state index contributed by atoms with van der Waals surface area (Å²) in [7, 11) is 0. The largest absolute Gasteiger partial charge is 0.392 e. The predicted molar refractivity (Wildman–Crippen MR) is 49.7 cm³/mol. The minimum atomic E-state index is -0.231. The maximum Gasteiger partial charge on any atom is 0.0689 e. The Balaban J connectivity index is 2.27. The lowest BCUT2D eigenvalue weighted by atomic mass is 9.92. The van der Waals surface area contributed by atoms with E-state index >= 15 is 0 Å². The molecule has 2 N–H and O–H groups in total. The van der Waals surface area contributed by atoms with Gasteiger partial charge in [0.05, 0.1) is 6.10 Å². The van der Waals surface area contributed by atoms with Crippen molar-refractivity contribution in [2.24, 2.45) is 5.92 Å². The number of aliphatic hydroxyl groups is 1. The SMILES string of the molecule is CC#CCC(O)C1CCCNC1. The van der Waals surface area contributed by atoms with Gasteiger partial charge in [-0.1, -0.05) is 0 Å². The third-order valence-electron chi connectivity index (χ3n) is 2.37. The minimum absolute atomic E-state index is 0.231. The van der Waals surface area contributed by atoms with Gasteiger partial charge in [-0.05, 0) is 32.2 Å². The van der Waals surface area contributed by atoms with Crippen molar-refractivity contribution >= 4 is 0 Å². The highest BCUT2D eigenvalue weighted by atomic mass is 16.3. The molecule has 1 aliphatic rings. The highest BCUT2D eigenvalue weighted by Crippen LogP contribution is 2.15. The van der Waals surface area contributed by atoms with Crippen LogP contribution in [0.3, 0.4) is 0 Å². The van der Waals surface area contributed by atoms with Crippen LogP contribution < -0.4 is 5.32 Å². The van der Waals surface area contributed by atoms with E-state index in [1.165, 1.54) is 6.42 Å². The summed E-state index contributed by atoms with van der Waals surface area (Å²) in [6, 6.07) is 0. The Bertz CT molecular complexity index is 174. The van der Waals surface area contributed by atoms with E-state index in [9.17, 15) is 5.11 Å². The quantitative estimate of drug-likeness (QED) is 0.595. The lowest BCUT2D eigenvalue weighted by Crippen LogP contribution is -2.36. The Morgan fingerprint density at radius 2 is 2.50 bits per heavy atom. The molecular formula is C10H17NO. The van der Waals surface area contributed by atoms with Crippen molar-refractivity contribution in [2.75, 3.05) is 13.1 Å². The highest BCUT2D eigenvalue weighted by molar-refractivity contribution is 4.98. The smallest absolute Gasteiger partial charge is 0.0689 e. The molecule has 1 fully saturated rings. The maximum atomic E-state index is 9.66. The first-order valence-corrected chi connectivity index (χ1v) is 4.63. The molecule has 0 spiro atoms. The summed E-state index contributed by atoms with van der Waals surface area (Å²) in [6.45, 7) is 3.86. The summed E-state index contributed by atoms with van der Waals surface area (Å²) in [5, 5.41) is 12.9. The van der Waals surface area contributed by atoms with Gasteiger partial charge in [-0.15, -0.1) is 11.8 Å². The van der Waals surface area contributed by atoms with Crippen molar-refractivity contribution in [1.82, 2.24) is 5.32 Å². The third kappa shape index (κ3) is 2.84. The lowest BCUT2D eigenvalue weighted by molar-refractivity contribution is 0.0964. The minimum Gasteiger partial charge on any atom is -0.392 e. The van der Waals surface area contributed by atoms with Crippen molar-refractivity contribution < 1.29 is 5.11 Å². The summed E-state index contributed by atoms with van der Waals surface area (Å²) in [5.41, 5.74) is 0. The molecule has 0 amide bonds. The summed E-state index contributed by atoms with van der Waals surface area (Å²) >= 11 is 0. The molecular weight excluding hydrogens is 150 g/mol. The van der Waals surface area contributed by atoms with Gasteiger partial charge in [-0.2, -0.15) is 0 Å². The summed E-state index contributed by atoms with van der Waals surface area (Å²) in [6.07, 6.45) is 2.72. The van der Waals surface area contributed by atoms with E-state index in [-0.39, 0.29) is 6.10 Å². The Labute approximate surface area is 74.4 Å². The molecule has 1 saturated heterocycles. The zero-order chi connectivity index (χ0) is 8.81. The van der Waals surface area contributed by atoms with Crippen molar-refractivity contribution in [2.45, 2.75) is 32.3 Å². The first kappa shape index (κ1) is 9.57. The topological polar surface area (TPSA) is 32.3 Å². The van der Waals surface area contributed by atoms with Crippen LogP contribution in [0, 0.1) is 17.8 Å². The number of aliphatic hydroxyl groups excluding tert-OH is 1. The molecule has 1 heterocycles. The van der Waals surface area contributed by atoms with Gasteiger partial charge in [-0.25, -0.2) is 0 Å². The molecule has 0 aromatic rings. The fourth-order valence-corrected chi connectivity index (χ4v) is 1.58. The second kappa shape index (κ2) is 5.18. The van der Waals surface area contributed by atoms with Crippen LogP contribution in [0.1, 0.15) is 26.2 Å². The van der Waals surface area contributed by atoms with E-state index in [0.29, 0.717) is 12.3 Å². The van der Waals surface area contributed by atoms with E-state index in [1.807, 2.05) is 6.92 Å². The fraction of sp³-hybridized carbons (Fsp3) is 0.800. The van der Waals surface area contributed by atoms with Crippen molar-refractivity contribution in [3.8, 4) is 11.8 Å². The molecule has 1 aliphatic heterocycles. The van der Waals surface area contributed by atoms with Crippen molar-refractivity contribution in [3.05, 3.63) is 0 Å². The van der Waals surface area contributed by atoms with Gasteiger partial charge in [0, 0.05) is 13.0 Å². The van der Waals surface area contributed by atoms with Crippen LogP contribution >= 0.6 is 0 Å². The Hall–Kier alpha value is -0.520. The molecule has 12 heavy (non-hydrogen) atoms. The molecule has 68 valence electrons. The average molecular weight is 167 g/mol. The van der Waals surface area contributed by atoms with Crippen LogP contribution in [0.5, 0.6) is 0 Å². The number of rotatable bonds is 2. The summed E-state index contributed by atoms with van der Waals surface area (Å²) in [5.74, 6) is 6.14. The van der Waals surface area contributed by atoms with Crippen LogP contribution in [0.15, 0.2) is 0 Å². The number of hydrogen-bond donors (Lipinski definition) is 2. The number of hydrogen-bond acceptors (Lipinski definition) is 2. The standard InChI is InChI=1S/C10H17NO/c1-2-3-6-10(12)9-5-4-7-11-8-9/h9-12H,4-8H2,1H3. The van der Waals surface area contributed by atoms with Crippen LogP contribution in [-0.2, 0) is 0 Å². The van der Waals surface area contributed by atoms with Gasteiger partial charge in [-0.3, -0.25) is 0 Å². The normalized spacial score (nSPS) is 25.7. The van der Waals surface area contributed by atoms with E-state index in [0.717, 1.165) is 19.5 Å². The summed E-state index contributed by atoms with van der Waals surface area (Å²) in [4.78, 5) is 0. The first-order chi connectivity index (χ1) is 5.84. The van der Waals surface area contributed by atoms with E-state index in [1.54, 1.807) is 0 Å². The summed E-state index contributed by atoms with van der Waals surface area (Å²) < 4.78 is 0. The third-order valence-corrected chi connectivity index (χ3v) is 2.37. The van der Waals surface area contributed by atoms with E-state index < -0.39 is 0 Å². The van der Waals surface area contributed by atoms with Crippen molar-refractivity contribution in [3.63, 3.8) is 0 Å². The van der Waals surface area contributed by atoms with Crippen LogP contribution in [0.2, 0.25) is 0 Å². The zero-order valence-corrected chi connectivity index (χ0v) is 7.64. The van der Waals surface area contributed by atoms with Gasteiger partial charge < -0.3 is 10.4 Å². The first-order valence-electron chi connectivity index (χ1n) is 4.63. The van der Waals surface area contributed by atoms with Gasteiger partial charge >= 0.3 is 0 Å². The molecule has 0 saturated carbocycles. The number of nitrogens with one attached hydrogen (secondary N) is 1. The molecule has 2 heteroatoms. The molecule has 2 unspecified atom stereocenters.